The fourth-order valence-corrected chi connectivity index (χ4v) is 6.81. The van der Waals surface area contributed by atoms with E-state index >= 15 is 0 Å². The molecule has 1 amide bonds. The highest BCUT2D eigenvalue weighted by Gasteiger charge is 2.44. The molecule has 0 saturated carbocycles. The molecule has 6 N–H and O–H groups in total. The lowest BCUT2D eigenvalue weighted by Crippen LogP contribution is -2.60. The molecule has 1 heterocycles. The maximum absolute atomic E-state index is 12.9. The Hall–Kier alpha value is -0.810. The van der Waals surface area contributed by atoms with Gasteiger partial charge in [-0.15, -0.1) is 0 Å². The molecule has 1 saturated heterocycles. The van der Waals surface area contributed by atoms with Gasteiger partial charge in [-0.25, -0.2) is 0 Å². The summed E-state index contributed by atoms with van der Waals surface area (Å²) in [5, 5.41) is 54.1. The number of hydrogen-bond donors (Lipinski definition) is 6. The summed E-state index contributed by atoms with van der Waals surface area (Å²) in [7, 11) is 0. The molecule has 0 aromatic rings. The molecule has 9 nitrogen and oxygen atoms in total. The normalized spacial score (nSPS) is 22.3. The topological polar surface area (TPSA) is 149 Å². The molecule has 49 heavy (non-hydrogen) atoms. The van der Waals surface area contributed by atoms with Crippen LogP contribution in [0.1, 0.15) is 194 Å². The molecule has 0 radical (unpaired) electrons. The van der Waals surface area contributed by atoms with Crippen molar-refractivity contribution >= 4 is 5.91 Å². The highest BCUT2D eigenvalue weighted by atomic mass is 16.7. The van der Waals surface area contributed by atoms with Crippen LogP contribution in [-0.4, -0.2) is 87.5 Å². The van der Waals surface area contributed by atoms with E-state index in [1.54, 1.807) is 0 Å². The molecule has 0 aromatic carbocycles. The molecule has 1 fully saturated rings. The van der Waals surface area contributed by atoms with Crippen LogP contribution in [-0.2, 0) is 14.3 Å². The van der Waals surface area contributed by atoms with Gasteiger partial charge in [-0.3, -0.25) is 4.79 Å². The molecule has 1 aliphatic heterocycles. The van der Waals surface area contributed by atoms with Crippen LogP contribution >= 0.6 is 0 Å². The molecule has 0 unspecified atom stereocenters. The number of carbonyl (C=O) groups excluding carboxylic acids is 1. The largest absolute Gasteiger partial charge is 0.394 e. The van der Waals surface area contributed by atoms with Crippen LogP contribution < -0.4 is 5.32 Å². The Labute approximate surface area is 300 Å². The molecular formula is C40H79NO8. The lowest BCUT2D eigenvalue weighted by molar-refractivity contribution is -0.302. The third kappa shape index (κ3) is 23.4. The molecular weight excluding hydrogens is 622 g/mol. The number of hydrogen-bond acceptors (Lipinski definition) is 8. The Morgan fingerprint density at radius 1 is 0.612 bits per heavy atom. The van der Waals surface area contributed by atoms with Crippen molar-refractivity contribution in [1.29, 1.82) is 0 Å². The minimum absolute atomic E-state index is 0.132. The monoisotopic (exact) mass is 702 g/mol. The summed E-state index contributed by atoms with van der Waals surface area (Å²) in [5.74, 6) is -0.144. The van der Waals surface area contributed by atoms with E-state index in [1.165, 1.54) is 128 Å². The maximum atomic E-state index is 12.9. The van der Waals surface area contributed by atoms with Gasteiger partial charge in [0.15, 0.2) is 6.29 Å². The van der Waals surface area contributed by atoms with Crippen molar-refractivity contribution in [2.75, 3.05) is 13.2 Å². The Morgan fingerprint density at radius 2 is 1.02 bits per heavy atom. The second kappa shape index (κ2) is 31.9. The fourth-order valence-electron chi connectivity index (χ4n) is 6.81. The first kappa shape index (κ1) is 46.2. The zero-order chi connectivity index (χ0) is 36.0. The van der Waals surface area contributed by atoms with E-state index in [1.807, 2.05) is 0 Å². The molecule has 0 aliphatic carbocycles. The number of amides is 1. The van der Waals surface area contributed by atoms with Gasteiger partial charge in [-0.1, -0.05) is 174 Å². The standard InChI is InChI=1S/C40H79NO8/c1-3-5-7-9-11-13-15-17-19-21-23-25-27-29-34(43)33(32-48-40-39(47)38(46)37(45)35(31-42)49-40)41-36(44)30-28-26-24-22-20-18-16-14-12-10-8-6-4-2/h33-35,37-40,42-43,45-47H,3-32H2,1-2H3,(H,41,44)/t33-,34+,35+,37+,38-,39-,40+/m0/s1. The molecule has 0 bridgehead atoms. The van der Waals surface area contributed by atoms with Gasteiger partial charge < -0.3 is 40.3 Å². The summed E-state index contributed by atoms with van der Waals surface area (Å²) in [6.07, 6.45) is 25.3. The lowest BCUT2D eigenvalue weighted by Gasteiger charge is -2.40. The van der Waals surface area contributed by atoms with Gasteiger partial charge in [0.2, 0.25) is 5.91 Å². The Kier molecular flexibility index (Phi) is 30.1. The number of ether oxygens (including phenoxy) is 2. The van der Waals surface area contributed by atoms with Gasteiger partial charge in [0.1, 0.15) is 24.4 Å². The van der Waals surface area contributed by atoms with E-state index in [0.717, 1.165) is 38.5 Å². The minimum Gasteiger partial charge on any atom is -0.394 e. The van der Waals surface area contributed by atoms with Crippen molar-refractivity contribution in [1.82, 2.24) is 5.32 Å². The maximum Gasteiger partial charge on any atom is 0.220 e. The Morgan fingerprint density at radius 3 is 1.45 bits per heavy atom. The second-order valence-corrected chi connectivity index (χ2v) is 14.8. The average Bonchev–Trinajstić information content (AvgIpc) is 3.10. The van der Waals surface area contributed by atoms with Crippen LogP contribution in [0.5, 0.6) is 0 Å². The summed E-state index contributed by atoms with van der Waals surface area (Å²) < 4.78 is 11.2. The summed E-state index contributed by atoms with van der Waals surface area (Å²) in [5.41, 5.74) is 0. The molecule has 1 aliphatic rings. The number of unbranched alkanes of at least 4 members (excludes halogenated alkanes) is 24. The van der Waals surface area contributed by atoms with Crippen LogP contribution in [0.3, 0.4) is 0 Å². The molecule has 7 atom stereocenters. The smallest absolute Gasteiger partial charge is 0.220 e. The minimum atomic E-state index is -1.55. The first-order chi connectivity index (χ1) is 23.8. The van der Waals surface area contributed by atoms with Gasteiger partial charge in [-0.2, -0.15) is 0 Å². The molecule has 9 heteroatoms. The predicted octanol–water partition coefficient (Wildman–Crippen LogP) is 7.61. The molecule has 292 valence electrons. The fraction of sp³-hybridized carbons (Fsp3) is 0.975. The first-order valence-electron chi connectivity index (χ1n) is 20.7. The van der Waals surface area contributed by atoms with E-state index in [9.17, 15) is 30.3 Å². The highest BCUT2D eigenvalue weighted by molar-refractivity contribution is 5.76. The highest BCUT2D eigenvalue weighted by Crippen LogP contribution is 2.23. The average molecular weight is 702 g/mol. The second-order valence-electron chi connectivity index (χ2n) is 14.8. The zero-order valence-corrected chi connectivity index (χ0v) is 31.7. The van der Waals surface area contributed by atoms with Crippen LogP contribution in [0.2, 0.25) is 0 Å². The van der Waals surface area contributed by atoms with Crippen LogP contribution in [0.4, 0.5) is 0 Å². The lowest BCUT2D eigenvalue weighted by atomic mass is 9.99. The quantitative estimate of drug-likeness (QED) is 0.0376. The van der Waals surface area contributed by atoms with Crippen molar-refractivity contribution in [3.63, 3.8) is 0 Å². The van der Waals surface area contributed by atoms with Crippen molar-refractivity contribution in [3.05, 3.63) is 0 Å². The van der Waals surface area contributed by atoms with E-state index in [4.69, 9.17) is 9.47 Å². The van der Waals surface area contributed by atoms with Crippen LogP contribution in [0.25, 0.3) is 0 Å². The summed E-state index contributed by atoms with van der Waals surface area (Å²) >= 11 is 0. The number of aliphatic hydroxyl groups excluding tert-OH is 5. The summed E-state index contributed by atoms with van der Waals surface area (Å²) in [6.45, 7) is 3.82. The van der Waals surface area contributed by atoms with Crippen molar-refractivity contribution in [3.8, 4) is 0 Å². The third-order valence-corrected chi connectivity index (χ3v) is 10.2. The van der Waals surface area contributed by atoms with E-state index in [2.05, 4.69) is 19.2 Å². The van der Waals surface area contributed by atoms with E-state index in [0.29, 0.717) is 12.8 Å². The van der Waals surface area contributed by atoms with Gasteiger partial charge in [-0.05, 0) is 12.8 Å². The number of carbonyl (C=O) groups is 1. The van der Waals surface area contributed by atoms with Crippen molar-refractivity contribution in [2.24, 2.45) is 0 Å². The summed E-state index contributed by atoms with van der Waals surface area (Å²) in [4.78, 5) is 12.9. The Bertz CT molecular complexity index is 741. The molecule has 0 aromatic heterocycles. The van der Waals surface area contributed by atoms with Crippen molar-refractivity contribution < 1.29 is 39.8 Å². The predicted molar refractivity (Wildman–Crippen MR) is 198 cm³/mol. The van der Waals surface area contributed by atoms with Gasteiger partial charge >= 0.3 is 0 Å². The number of rotatable bonds is 34. The van der Waals surface area contributed by atoms with Gasteiger partial charge in [0.05, 0.1) is 25.4 Å². The number of aliphatic hydroxyl groups is 5. The first-order valence-corrected chi connectivity index (χ1v) is 20.7. The SMILES string of the molecule is CCCCCCCCCCCCCCCC(=O)N[C@@H](CO[C@@H]1O[C@H](CO)[C@@H](O)[C@H](O)[C@@H]1O)[C@H](O)CCCCCCCCCCCCCCC. The molecule has 0 spiro atoms. The number of nitrogens with one attached hydrogen (secondary N) is 1. The molecule has 1 rings (SSSR count). The Balaban J connectivity index is 2.38. The van der Waals surface area contributed by atoms with Crippen molar-refractivity contribution in [2.45, 2.75) is 236 Å². The van der Waals surface area contributed by atoms with E-state index in [-0.39, 0.29) is 12.5 Å². The zero-order valence-electron chi connectivity index (χ0n) is 31.7. The van der Waals surface area contributed by atoms with Crippen LogP contribution in [0.15, 0.2) is 0 Å². The van der Waals surface area contributed by atoms with Crippen LogP contribution in [0, 0.1) is 0 Å². The van der Waals surface area contributed by atoms with Gasteiger partial charge in [0.25, 0.3) is 0 Å². The van der Waals surface area contributed by atoms with E-state index < -0.39 is 49.5 Å². The van der Waals surface area contributed by atoms with Gasteiger partial charge in [0, 0.05) is 6.42 Å². The summed E-state index contributed by atoms with van der Waals surface area (Å²) in [6, 6.07) is -0.709. The third-order valence-electron chi connectivity index (χ3n) is 10.2.